The minimum absolute atomic E-state index is 0.113. The van der Waals surface area contributed by atoms with Crippen molar-refractivity contribution >= 4 is 27.8 Å². The summed E-state index contributed by atoms with van der Waals surface area (Å²) in [4.78, 5) is 15.5. The quantitative estimate of drug-likeness (QED) is 0.367. The Morgan fingerprint density at radius 3 is 2.35 bits per heavy atom. The van der Waals surface area contributed by atoms with Gasteiger partial charge in [0.25, 0.3) is 15.9 Å². The Morgan fingerprint density at radius 2 is 1.77 bits per heavy atom. The molecule has 162 valence electrons. The number of hydrogen-bond donors (Lipinski definition) is 3. The van der Waals surface area contributed by atoms with Crippen LogP contribution in [-0.2, 0) is 10.0 Å². The van der Waals surface area contributed by atoms with E-state index in [1.165, 1.54) is 36.4 Å². The Bertz CT molecular complexity index is 1180. The van der Waals surface area contributed by atoms with E-state index >= 15 is 0 Å². The van der Waals surface area contributed by atoms with E-state index in [9.17, 15) is 13.2 Å². The minimum atomic E-state index is -3.76. The average Bonchev–Trinajstić information content (AvgIpc) is 3.06. The van der Waals surface area contributed by atoms with Gasteiger partial charge in [-0.25, -0.2) is 13.8 Å². The molecule has 0 bridgehead atoms. The summed E-state index contributed by atoms with van der Waals surface area (Å²) in [7, 11) is -3.76. The summed E-state index contributed by atoms with van der Waals surface area (Å²) in [6, 6.07) is 14.1. The van der Waals surface area contributed by atoms with Gasteiger partial charge in [0.1, 0.15) is 5.75 Å². The summed E-state index contributed by atoms with van der Waals surface area (Å²) in [6.45, 7) is 6.21. The van der Waals surface area contributed by atoms with Crippen LogP contribution in [0.15, 0.2) is 64.6 Å². The second-order valence-electron chi connectivity index (χ2n) is 6.82. The first-order valence-corrected chi connectivity index (χ1v) is 11.1. The number of H-pyrrole nitrogens is 1. The predicted octanol–water partition coefficient (Wildman–Crippen LogP) is 3.59. The van der Waals surface area contributed by atoms with Gasteiger partial charge < -0.3 is 9.72 Å². The molecule has 8 nitrogen and oxygen atoms in total. The van der Waals surface area contributed by atoms with Gasteiger partial charge in [-0.2, -0.15) is 5.10 Å². The topological polar surface area (TPSA) is 113 Å². The van der Waals surface area contributed by atoms with E-state index in [0.717, 1.165) is 17.0 Å². The third-order valence-electron chi connectivity index (χ3n) is 4.40. The van der Waals surface area contributed by atoms with Crippen molar-refractivity contribution in [2.45, 2.75) is 25.7 Å². The maximum atomic E-state index is 12.5. The van der Waals surface area contributed by atoms with Crippen LogP contribution in [0.25, 0.3) is 0 Å². The molecule has 3 aromatic rings. The molecule has 0 saturated carbocycles. The number of benzene rings is 2. The first-order valence-electron chi connectivity index (χ1n) is 9.64. The number of amides is 1. The molecule has 0 aliphatic heterocycles. The first-order chi connectivity index (χ1) is 14.8. The van der Waals surface area contributed by atoms with Gasteiger partial charge in [-0.3, -0.25) is 9.52 Å². The van der Waals surface area contributed by atoms with Crippen molar-refractivity contribution in [3.8, 4) is 5.75 Å². The Morgan fingerprint density at radius 1 is 1.10 bits per heavy atom. The number of sulfonamides is 1. The lowest BCUT2D eigenvalue weighted by Crippen LogP contribution is -2.18. The number of carbonyl (C=O) groups excluding carboxylic acids is 1. The van der Waals surface area contributed by atoms with E-state index in [1.54, 1.807) is 18.3 Å². The standard InChI is InChI=1S/C22H24N4O4S/c1-4-30-20-9-11-21(12-10-20)31(28,29)26-19-7-5-17(6-8-19)22(27)25-23-14-18-13-15(2)24-16(18)3/h5-14,24,26H,4H2,1-3H3,(H,25,27). The third-order valence-corrected chi connectivity index (χ3v) is 5.80. The summed E-state index contributed by atoms with van der Waals surface area (Å²) in [5, 5.41) is 3.97. The molecule has 31 heavy (non-hydrogen) atoms. The van der Waals surface area contributed by atoms with Crippen LogP contribution in [0.1, 0.15) is 34.2 Å². The smallest absolute Gasteiger partial charge is 0.271 e. The van der Waals surface area contributed by atoms with Crippen molar-refractivity contribution in [2.24, 2.45) is 5.10 Å². The third kappa shape index (κ3) is 5.73. The maximum Gasteiger partial charge on any atom is 0.271 e. The molecule has 0 aliphatic rings. The average molecular weight is 441 g/mol. The van der Waals surface area contributed by atoms with Crippen molar-refractivity contribution < 1.29 is 17.9 Å². The van der Waals surface area contributed by atoms with Crippen LogP contribution in [0, 0.1) is 13.8 Å². The van der Waals surface area contributed by atoms with Gasteiger partial charge >= 0.3 is 0 Å². The van der Waals surface area contributed by atoms with Gasteiger partial charge in [0.15, 0.2) is 0 Å². The zero-order chi connectivity index (χ0) is 22.4. The van der Waals surface area contributed by atoms with Gasteiger partial charge in [0.2, 0.25) is 0 Å². The fourth-order valence-electron chi connectivity index (χ4n) is 2.89. The normalized spacial score (nSPS) is 11.5. The van der Waals surface area contributed by atoms with Crippen molar-refractivity contribution in [3.05, 3.63) is 77.1 Å². The molecule has 0 unspecified atom stereocenters. The summed E-state index contributed by atoms with van der Waals surface area (Å²) in [6.07, 6.45) is 1.57. The van der Waals surface area contributed by atoms with Crippen LogP contribution in [0.2, 0.25) is 0 Å². The van der Waals surface area contributed by atoms with E-state index in [-0.39, 0.29) is 4.90 Å². The molecule has 0 spiro atoms. The molecule has 3 rings (SSSR count). The number of hydrogen-bond acceptors (Lipinski definition) is 5. The monoisotopic (exact) mass is 440 g/mol. The fraction of sp³-hybridized carbons (Fsp3) is 0.182. The van der Waals surface area contributed by atoms with Crippen molar-refractivity contribution in [3.63, 3.8) is 0 Å². The van der Waals surface area contributed by atoms with Gasteiger partial charge in [-0.05, 0) is 75.4 Å². The summed E-state index contributed by atoms with van der Waals surface area (Å²) < 4.78 is 32.9. The number of carbonyl (C=O) groups is 1. The zero-order valence-corrected chi connectivity index (χ0v) is 18.3. The Hall–Kier alpha value is -3.59. The molecule has 0 fully saturated rings. The SMILES string of the molecule is CCOc1ccc(S(=O)(=O)Nc2ccc(C(=O)NN=Cc3cc(C)[nH]c3C)cc2)cc1. The molecular formula is C22H24N4O4S. The highest BCUT2D eigenvalue weighted by Gasteiger charge is 2.14. The fourth-order valence-corrected chi connectivity index (χ4v) is 3.95. The molecule has 0 atom stereocenters. The molecule has 1 aromatic heterocycles. The molecule has 0 saturated heterocycles. The van der Waals surface area contributed by atoms with Crippen LogP contribution in [0.4, 0.5) is 5.69 Å². The van der Waals surface area contributed by atoms with Gasteiger partial charge in [-0.15, -0.1) is 0 Å². The lowest BCUT2D eigenvalue weighted by molar-refractivity contribution is 0.0955. The van der Waals surface area contributed by atoms with Crippen LogP contribution in [0.3, 0.4) is 0 Å². The number of aromatic amines is 1. The van der Waals surface area contributed by atoms with Crippen LogP contribution in [0.5, 0.6) is 5.75 Å². The number of ether oxygens (including phenoxy) is 1. The van der Waals surface area contributed by atoms with Crippen LogP contribution in [-0.4, -0.2) is 32.1 Å². The molecule has 3 N–H and O–H groups in total. The van der Waals surface area contributed by atoms with Gasteiger partial charge in [-0.1, -0.05) is 0 Å². The van der Waals surface area contributed by atoms with Crippen LogP contribution < -0.4 is 14.9 Å². The Balaban J connectivity index is 1.62. The summed E-state index contributed by atoms with van der Waals surface area (Å²) >= 11 is 0. The highest BCUT2D eigenvalue weighted by molar-refractivity contribution is 7.92. The summed E-state index contributed by atoms with van der Waals surface area (Å²) in [5.74, 6) is 0.198. The molecule has 0 radical (unpaired) electrons. The van der Waals surface area contributed by atoms with E-state index in [2.05, 4.69) is 20.2 Å². The number of anilines is 1. The van der Waals surface area contributed by atoms with E-state index in [0.29, 0.717) is 23.6 Å². The number of hydrazone groups is 1. The van der Waals surface area contributed by atoms with Crippen LogP contribution >= 0.6 is 0 Å². The Kier molecular flexibility index (Phi) is 6.76. The maximum absolute atomic E-state index is 12.5. The highest BCUT2D eigenvalue weighted by Crippen LogP contribution is 2.19. The lowest BCUT2D eigenvalue weighted by Gasteiger charge is -2.09. The molecule has 0 aliphatic carbocycles. The Labute approximate surface area is 181 Å². The van der Waals surface area contributed by atoms with Gasteiger partial charge in [0.05, 0.1) is 17.7 Å². The number of nitrogens with one attached hydrogen (secondary N) is 3. The van der Waals surface area contributed by atoms with Gasteiger partial charge in [0, 0.05) is 28.2 Å². The number of nitrogens with zero attached hydrogens (tertiary/aromatic N) is 1. The highest BCUT2D eigenvalue weighted by atomic mass is 32.2. The second kappa shape index (κ2) is 9.48. The van der Waals surface area contributed by atoms with E-state index in [1.807, 2.05) is 26.8 Å². The van der Waals surface area contributed by atoms with E-state index < -0.39 is 15.9 Å². The minimum Gasteiger partial charge on any atom is -0.494 e. The zero-order valence-electron chi connectivity index (χ0n) is 17.5. The predicted molar refractivity (Wildman–Crippen MR) is 120 cm³/mol. The molecular weight excluding hydrogens is 416 g/mol. The van der Waals surface area contributed by atoms with Crippen molar-refractivity contribution in [2.75, 3.05) is 11.3 Å². The van der Waals surface area contributed by atoms with Crippen molar-refractivity contribution in [1.82, 2.24) is 10.4 Å². The molecule has 1 heterocycles. The second-order valence-corrected chi connectivity index (χ2v) is 8.50. The molecule has 1 amide bonds. The largest absolute Gasteiger partial charge is 0.494 e. The number of aryl methyl sites for hydroxylation is 2. The molecule has 2 aromatic carbocycles. The van der Waals surface area contributed by atoms with E-state index in [4.69, 9.17) is 4.74 Å². The van der Waals surface area contributed by atoms with Crippen molar-refractivity contribution in [1.29, 1.82) is 0 Å². The lowest BCUT2D eigenvalue weighted by atomic mass is 10.2. The first kappa shape index (κ1) is 22.1. The number of rotatable bonds is 8. The number of aromatic nitrogens is 1. The summed E-state index contributed by atoms with van der Waals surface area (Å²) in [5.41, 5.74) is 6.00. The molecule has 9 heteroatoms.